The van der Waals surface area contributed by atoms with E-state index in [4.69, 9.17) is 4.74 Å². The Morgan fingerprint density at radius 1 is 1.09 bits per heavy atom. The number of ether oxygens (including phenoxy) is 1. The minimum absolute atomic E-state index is 0.00439. The highest BCUT2D eigenvalue weighted by Crippen LogP contribution is 2.62. The van der Waals surface area contributed by atoms with Crippen LogP contribution in [0.2, 0.25) is 0 Å². The quantitative estimate of drug-likeness (QED) is 0.633. The van der Waals surface area contributed by atoms with Gasteiger partial charge in [-0.2, -0.15) is 0 Å². The standard InChI is InChI=1S/C24H23NO6S/c1-11-6-7-15-22(2,3)19(27)14(32(5)30)10-24(15)23(11,4)9-12-8-13(26)16-17(18(12)31-24)21(29)25-20(16)28/h6-8,10,26H,9H2,1-5H3,(H,25,28,29). The van der Waals surface area contributed by atoms with Gasteiger partial charge < -0.3 is 9.84 Å². The summed E-state index contributed by atoms with van der Waals surface area (Å²) in [5.41, 5.74) is -0.711. The van der Waals surface area contributed by atoms with Crippen LogP contribution in [0.15, 0.2) is 40.3 Å². The van der Waals surface area contributed by atoms with Gasteiger partial charge in [0.2, 0.25) is 0 Å². The molecule has 3 atom stereocenters. The molecule has 0 saturated heterocycles. The maximum absolute atomic E-state index is 13.3. The number of allylic oxidation sites excluding steroid dienone is 3. The average Bonchev–Trinajstić information content (AvgIpc) is 2.99. The van der Waals surface area contributed by atoms with Crippen molar-refractivity contribution in [2.45, 2.75) is 39.7 Å². The van der Waals surface area contributed by atoms with Crippen molar-refractivity contribution in [1.29, 1.82) is 0 Å². The van der Waals surface area contributed by atoms with E-state index < -0.39 is 39.0 Å². The predicted octanol–water partition coefficient (Wildman–Crippen LogP) is 2.71. The lowest BCUT2D eigenvalue weighted by atomic mass is 9.52. The number of fused-ring (bicyclic) bond motifs is 3. The molecule has 0 bridgehead atoms. The first-order chi connectivity index (χ1) is 14.8. The number of amides is 2. The van der Waals surface area contributed by atoms with Gasteiger partial charge in [-0.1, -0.05) is 24.6 Å². The molecule has 1 aromatic rings. The van der Waals surface area contributed by atoms with E-state index in [9.17, 15) is 23.7 Å². The normalized spacial score (nSPS) is 30.5. The van der Waals surface area contributed by atoms with E-state index in [1.54, 1.807) is 19.9 Å². The van der Waals surface area contributed by atoms with Gasteiger partial charge in [0.1, 0.15) is 11.5 Å². The molecule has 0 radical (unpaired) electrons. The molecule has 0 aromatic heterocycles. The van der Waals surface area contributed by atoms with E-state index in [1.165, 1.54) is 12.3 Å². The molecule has 0 fully saturated rings. The number of aromatic hydroxyl groups is 1. The molecule has 0 saturated carbocycles. The largest absolute Gasteiger partial charge is 0.507 e. The number of benzene rings is 1. The number of phenols is 1. The Balaban J connectivity index is 1.88. The summed E-state index contributed by atoms with van der Waals surface area (Å²) >= 11 is 0. The molecule has 2 N–H and O–H groups in total. The van der Waals surface area contributed by atoms with Crippen LogP contribution in [-0.4, -0.2) is 38.8 Å². The molecule has 32 heavy (non-hydrogen) atoms. The molecule has 4 aliphatic rings. The molecule has 1 aromatic carbocycles. The van der Waals surface area contributed by atoms with Gasteiger partial charge in [0.15, 0.2) is 11.4 Å². The summed E-state index contributed by atoms with van der Waals surface area (Å²) in [6.45, 7) is 7.54. The lowest BCUT2D eigenvalue weighted by Gasteiger charge is -2.58. The van der Waals surface area contributed by atoms with Crippen LogP contribution < -0.4 is 10.1 Å². The number of rotatable bonds is 1. The lowest BCUT2D eigenvalue weighted by Crippen LogP contribution is -2.62. The second kappa shape index (κ2) is 6.07. The third kappa shape index (κ3) is 2.25. The fraction of sp³-hybridized carbons (Fsp3) is 0.375. The van der Waals surface area contributed by atoms with Crippen LogP contribution in [0.5, 0.6) is 11.5 Å². The summed E-state index contributed by atoms with van der Waals surface area (Å²) in [5, 5.41) is 12.7. The summed E-state index contributed by atoms with van der Waals surface area (Å²) in [7, 11) is -1.56. The van der Waals surface area contributed by atoms with Crippen molar-refractivity contribution in [3.63, 3.8) is 0 Å². The minimum Gasteiger partial charge on any atom is -0.507 e. The van der Waals surface area contributed by atoms with Gasteiger partial charge in [-0.25, -0.2) is 0 Å². The molecule has 2 heterocycles. The van der Waals surface area contributed by atoms with Gasteiger partial charge >= 0.3 is 0 Å². The maximum Gasteiger partial charge on any atom is 0.262 e. The van der Waals surface area contributed by atoms with E-state index >= 15 is 0 Å². The van der Waals surface area contributed by atoms with Crippen molar-refractivity contribution in [2.24, 2.45) is 10.8 Å². The summed E-state index contributed by atoms with van der Waals surface area (Å²) < 4.78 is 19.3. The monoisotopic (exact) mass is 453 g/mol. The topological polar surface area (TPSA) is 110 Å². The van der Waals surface area contributed by atoms with Gasteiger partial charge in [-0.3, -0.25) is 23.9 Å². The second-order valence-electron chi connectivity index (χ2n) is 9.61. The van der Waals surface area contributed by atoms with Crippen LogP contribution >= 0.6 is 0 Å². The fourth-order valence-electron chi connectivity index (χ4n) is 5.55. The SMILES string of the molecule is CC1=CC=C2C(C)(C)C(=O)C(S(C)=O)=CC23Oc2c(cc(O)c4c2C(=O)NC4=O)CC13C. The van der Waals surface area contributed by atoms with Crippen LogP contribution in [0.4, 0.5) is 0 Å². The molecule has 1 spiro atoms. The summed E-state index contributed by atoms with van der Waals surface area (Å²) in [5.74, 6) is -1.62. The number of hydrogen-bond acceptors (Lipinski definition) is 6. The lowest BCUT2D eigenvalue weighted by molar-refractivity contribution is -0.124. The number of carbonyl (C=O) groups excluding carboxylic acids is 3. The molecule has 2 amide bonds. The van der Waals surface area contributed by atoms with E-state index in [1.807, 2.05) is 26.0 Å². The first-order valence-corrected chi connectivity index (χ1v) is 11.9. The smallest absolute Gasteiger partial charge is 0.262 e. The average molecular weight is 454 g/mol. The number of phenolic OH excluding ortho intramolecular Hbond substituents is 1. The molecule has 5 rings (SSSR count). The third-order valence-electron chi connectivity index (χ3n) is 7.52. The van der Waals surface area contributed by atoms with E-state index in [-0.39, 0.29) is 33.3 Å². The number of ketones is 1. The van der Waals surface area contributed by atoms with Crippen molar-refractivity contribution in [3.05, 3.63) is 57.0 Å². The van der Waals surface area contributed by atoms with Crippen molar-refractivity contribution in [2.75, 3.05) is 6.26 Å². The molecule has 166 valence electrons. The Morgan fingerprint density at radius 3 is 2.41 bits per heavy atom. The number of carbonyl (C=O) groups is 3. The number of nitrogens with one attached hydrogen (secondary N) is 1. The number of imide groups is 1. The van der Waals surface area contributed by atoms with Gasteiger partial charge in [-0.15, -0.1) is 0 Å². The zero-order chi connectivity index (χ0) is 23.4. The predicted molar refractivity (Wildman–Crippen MR) is 118 cm³/mol. The zero-order valence-corrected chi connectivity index (χ0v) is 19.2. The highest BCUT2D eigenvalue weighted by atomic mass is 32.2. The van der Waals surface area contributed by atoms with Crippen LogP contribution in [0.1, 0.15) is 54.0 Å². The maximum atomic E-state index is 13.3. The molecular formula is C24H23NO6S. The number of hydrogen-bond donors (Lipinski definition) is 2. The molecule has 2 aliphatic heterocycles. The van der Waals surface area contributed by atoms with E-state index in [0.717, 1.165) is 5.57 Å². The Hall–Kier alpha value is -3.00. The van der Waals surface area contributed by atoms with Crippen molar-refractivity contribution >= 4 is 28.4 Å². The first kappa shape index (κ1) is 20.9. The van der Waals surface area contributed by atoms with Crippen LogP contribution in [-0.2, 0) is 22.0 Å². The van der Waals surface area contributed by atoms with Gasteiger partial charge in [0.05, 0.1) is 32.2 Å². The Bertz CT molecular complexity index is 1300. The molecule has 2 aliphatic carbocycles. The summed E-state index contributed by atoms with van der Waals surface area (Å²) in [6.07, 6.45) is 7.33. The summed E-state index contributed by atoms with van der Waals surface area (Å²) in [6, 6.07) is 1.47. The van der Waals surface area contributed by atoms with Crippen LogP contribution in [0, 0.1) is 10.8 Å². The van der Waals surface area contributed by atoms with Gasteiger partial charge in [0, 0.05) is 11.7 Å². The van der Waals surface area contributed by atoms with E-state index in [2.05, 4.69) is 5.32 Å². The fourth-order valence-corrected chi connectivity index (χ4v) is 6.40. The first-order valence-electron chi connectivity index (χ1n) is 10.3. The Morgan fingerprint density at radius 2 is 1.75 bits per heavy atom. The third-order valence-corrected chi connectivity index (χ3v) is 8.45. The van der Waals surface area contributed by atoms with Crippen molar-refractivity contribution in [1.82, 2.24) is 5.32 Å². The van der Waals surface area contributed by atoms with E-state index in [0.29, 0.717) is 17.6 Å². The Kier molecular flexibility index (Phi) is 3.96. The van der Waals surface area contributed by atoms with Crippen LogP contribution in [0.25, 0.3) is 0 Å². The van der Waals surface area contributed by atoms with Crippen molar-refractivity contribution < 1.29 is 28.4 Å². The molecular weight excluding hydrogens is 430 g/mol. The van der Waals surface area contributed by atoms with Gasteiger partial charge in [0.25, 0.3) is 11.8 Å². The highest BCUT2D eigenvalue weighted by Gasteiger charge is 2.64. The van der Waals surface area contributed by atoms with Crippen molar-refractivity contribution in [3.8, 4) is 11.5 Å². The molecule has 3 unspecified atom stereocenters. The number of Topliss-reactive ketones (excluding diaryl/α,β-unsaturated/α-hetero) is 1. The molecule has 8 heteroatoms. The zero-order valence-electron chi connectivity index (χ0n) is 18.4. The Labute approximate surface area is 187 Å². The summed E-state index contributed by atoms with van der Waals surface area (Å²) in [4.78, 5) is 38.4. The highest BCUT2D eigenvalue weighted by molar-refractivity contribution is 7.89. The van der Waals surface area contributed by atoms with Crippen LogP contribution in [0.3, 0.4) is 0 Å². The van der Waals surface area contributed by atoms with Gasteiger partial charge in [-0.05, 0) is 50.5 Å². The molecule has 7 nitrogen and oxygen atoms in total. The minimum atomic E-state index is -1.56. The second-order valence-corrected chi connectivity index (χ2v) is 11.0.